The number of nitrogens with zero attached hydrogens (tertiary/aromatic N) is 2. The van der Waals surface area contributed by atoms with Crippen molar-refractivity contribution in [2.45, 2.75) is 0 Å². The molecule has 3 nitrogen and oxygen atoms in total. The molecular weight excluding hydrogens is 336 g/mol. The zero-order valence-corrected chi connectivity index (χ0v) is 13.7. The Morgan fingerprint density at radius 3 is 2.45 bits per heavy atom. The molecule has 110 valence electrons. The molecule has 0 amide bonds. The first-order valence-corrected chi connectivity index (χ1v) is 8.05. The number of rotatable bonds is 3. The summed E-state index contributed by atoms with van der Waals surface area (Å²) in [6.45, 7) is 0. The number of thiazole rings is 1. The largest absolute Gasteiger partial charge is 0.493 e. The van der Waals surface area contributed by atoms with Crippen LogP contribution in [-0.2, 0) is 0 Å². The topological polar surface area (TPSA) is 37.5 Å². The molecule has 0 saturated carbocycles. The number of hydrogen-bond donors (Lipinski definition) is 1. The summed E-state index contributed by atoms with van der Waals surface area (Å²) in [4.78, 5) is 4.95. The molecule has 3 rings (SSSR count). The highest BCUT2D eigenvalue weighted by atomic mass is 35.5. The number of halogens is 1. The van der Waals surface area contributed by atoms with Gasteiger partial charge in [-0.15, -0.1) is 0 Å². The molecule has 0 spiro atoms. The van der Waals surface area contributed by atoms with Gasteiger partial charge in [-0.2, -0.15) is 0 Å². The van der Waals surface area contributed by atoms with Gasteiger partial charge in [-0.05, 0) is 48.6 Å². The van der Waals surface area contributed by atoms with E-state index in [0.717, 1.165) is 11.4 Å². The second-order valence-corrected chi connectivity index (χ2v) is 6.57. The fourth-order valence-electron chi connectivity index (χ4n) is 1.93. The molecule has 0 aliphatic carbocycles. The molecule has 0 fully saturated rings. The normalized spacial score (nSPS) is 11.1. The number of aliphatic imine (C=N–C) groups is 1. The number of hydrogen-bond acceptors (Lipinski definition) is 4. The highest BCUT2D eigenvalue weighted by Gasteiger charge is 2.11. The van der Waals surface area contributed by atoms with Crippen LogP contribution in [0, 0.1) is 3.95 Å². The lowest BCUT2D eigenvalue weighted by Crippen LogP contribution is -1.92. The van der Waals surface area contributed by atoms with Gasteiger partial charge in [0.15, 0.2) is 3.95 Å². The van der Waals surface area contributed by atoms with Gasteiger partial charge in [-0.3, -0.25) is 9.56 Å². The zero-order chi connectivity index (χ0) is 15.5. The van der Waals surface area contributed by atoms with Gasteiger partial charge < -0.3 is 5.11 Å². The highest BCUT2D eigenvalue weighted by molar-refractivity contribution is 7.73. The van der Waals surface area contributed by atoms with Crippen LogP contribution in [-0.4, -0.2) is 15.9 Å². The molecule has 1 heterocycles. The molecule has 0 bridgehead atoms. The SMILES string of the molecule is Oc1c(C=Nc2ccc(Cl)cc2)sc(=S)n1-c1ccccc1. The Morgan fingerprint density at radius 1 is 1.09 bits per heavy atom. The number of aromatic hydroxyl groups is 1. The van der Waals surface area contributed by atoms with Crippen molar-refractivity contribution in [2.24, 2.45) is 4.99 Å². The van der Waals surface area contributed by atoms with Gasteiger partial charge in [-0.25, -0.2) is 0 Å². The Labute approximate surface area is 141 Å². The minimum absolute atomic E-state index is 0.0962. The van der Waals surface area contributed by atoms with Crippen molar-refractivity contribution in [2.75, 3.05) is 0 Å². The van der Waals surface area contributed by atoms with Crippen LogP contribution in [0.25, 0.3) is 5.69 Å². The van der Waals surface area contributed by atoms with Gasteiger partial charge in [0.1, 0.15) is 4.88 Å². The Kier molecular flexibility index (Phi) is 4.38. The quantitative estimate of drug-likeness (QED) is 0.510. The van der Waals surface area contributed by atoms with Crippen LogP contribution in [0.3, 0.4) is 0 Å². The standard InChI is InChI=1S/C16H11ClN2OS2/c17-11-6-8-12(9-7-11)18-10-14-15(20)19(16(21)22-14)13-4-2-1-3-5-13/h1-10,20H. The maximum atomic E-state index is 10.4. The van der Waals surface area contributed by atoms with Crippen molar-refractivity contribution in [1.82, 2.24) is 4.57 Å². The molecule has 6 heteroatoms. The minimum atomic E-state index is 0.0962. The van der Waals surface area contributed by atoms with Gasteiger partial charge >= 0.3 is 0 Å². The molecule has 2 aromatic carbocycles. The van der Waals surface area contributed by atoms with Gasteiger partial charge in [-0.1, -0.05) is 41.1 Å². The Hall–Kier alpha value is -1.95. The van der Waals surface area contributed by atoms with E-state index in [1.807, 2.05) is 42.5 Å². The van der Waals surface area contributed by atoms with Crippen LogP contribution >= 0.6 is 35.2 Å². The molecule has 22 heavy (non-hydrogen) atoms. The predicted molar refractivity (Wildman–Crippen MR) is 94.9 cm³/mol. The van der Waals surface area contributed by atoms with Crippen molar-refractivity contribution in [3.8, 4) is 11.6 Å². The summed E-state index contributed by atoms with van der Waals surface area (Å²) in [6.07, 6.45) is 1.61. The summed E-state index contributed by atoms with van der Waals surface area (Å²) < 4.78 is 2.20. The smallest absolute Gasteiger partial charge is 0.216 e. The molecule has 0 aliphatic rings. The summed E-state index contributed by atoms with van der Waals surface area (Å²) in [5.41, 5.74) is 1.58. The van der Waals surface area contributed by atoms with E-state index >= 15 is 0 Å². The summed E-state index contributed by atoms with van der Waals surface area (Å²) in [7, 11) is 0. The lowest BCUT2D eigenvalue weighted by Gasteiger charge is -2.03. The Balaban J connectivity index is 1.96. The van der Waals surface area contributed by atoms with E-state index in [4.69, 9.17) is 23.8 Å². The van der Waals surface area contributed by atoms with Crippen LogP contribution in [0.1, 0.15) is 4.88 Å². The first kappa shape index (κ1) is 15.0. The summed E-state index contributed by atoms with van der Waals surface area (Å²) in [5, 5.41) is 11.0. The van der Waals surface area contributed by atoms with E-state index in [1.54, 1.807) is 22.9 Å². The number of para-hydroxylation sites is 1. The van der Waals surface area contributed by atoms with E-state index in [-0.39, 0.29) is 5.88 Å². The van der Waals surface area contributed by atoms with Crippen LogP contribution < -0.4 is 0 Å². The molecular formula is C16H11ClN2OS2. The lowest BCUT2D eigenvalue weighted by molar-refractivity contribution is 0.441. The molecule has 0 saturated heterocycles. The average Bonchev–Trinajstić information content (AvgIpc) is 2.82. The van der Waals surface area contributed by atoms with Gasteiger partial charge in [0.2, 0.25) is 5.88 Å². The van der Waals surface area contributed by atoms with E-state index in [1.165, 1.54) is 11.3 Å². The van der Waals surface area contributed by atoms with Crippen molar-refractivity contribution in [3.63, 3.8) is 0 Å². The molecule has 1 aromatic heterocycles. The van der Waals surface area contributed by atoms with Crippen LogP contribution in [0.2, 0.25) is 5.02 Å². The number of benzene rings is 2. The van der Waals surface area contributed by atoms with Crippen LogP contribution in [0.15, 0.2) is 59.6 Å². The lowest BCUT2D eigenvalue weighted by atomic mass is 10.3. The third-order valence-corrected chi connectivity index (χ3v) is 4.53. The van der Waals surface area contributed by atoms with Gasteiger partial charge in [0.25, 0.3) is 0 Å². The summed E-state index contributed by atoms with van der Waals surface area (Å²) in [5.74, 6) is 0.0962. The maximum Gasteiger partial charge on any atom is 0.216 e. The molecule has 1 N–H and O–H groups in total. The minimum Gasteiger partial charge on any atom is -0.493 e. The summed E-state index contributed by atoms with van der Waals surface area (Å²) >= 11 is 12.5. The first-order valence-electron chi connectivity index (χ1n) is 6.45. The van der Waals surface area contributed by atoms with E-state index in [2.05, 4.69) is 4.99 Å². The van der Waals surface area contributed by atoms with E-state index in [9.17, 15) is 5.11 Å². The fraction of sp³-hybridized carbons (Fsp3) is 0. The van der Waals surface area contributed by atoms with Gasteiger partial charge in [0, 0.05) is 5.02 Å². The molecule has 0 unspecified atom stereocenters. The summed E-state index contributed by atoms with van der Waals surface area (Å²) in [6, 6.07) is 16.7. The highest BCUT2D eigenvalue weighted by Crippen LogP contribution is 2.28. The third kappa shape index (κ3) is 3.11. The number of aromatic nitrogens is 1. The average molecular weight is 347 g/mol. The molecule has 0 aliphatic heterocycles. The second-order valence-electron chi connectivity index (χ2n) is 4.46. The Morgan fingerprint density at radius 2 is 1.77 bits per heavy atom. The predicted octanol–water partition coefficient (Wildman–Crippen LogP) is 5.38. The molecule has 0 radical (unpaired) electrons. The third-order valence-electron chi connectivity index (χ3n) is 2.98. The first-order chi connectivity index (χ1) is 10.6. The van der Waals surface area contributed by atoms with E-state index < -0.39 is 0 Å². The molecule has 0 atom stereocenters. The van der Waals surface area contributed by atoms with Gasteiger partial charge in [0.05, 0.1) is 17.6 Å². The van der Waals surface area contributed by atoms with Crippen LogP contribution in [0.5, 0.6) is 5.88 Å². The second kappa shape index (κ2) is 6.44. The van der Waals surface area contributed by atoms with Crippen LogP contribution in [0.4, 0.5) is 5.69 Å². The maximum absolute atomic E-state index is 10.4. The fourth-order valence-corrected chi connectivity index (χ4v) is 3.28. The molecule has 3 aromatic rings. The van der Waals surface area contributed by atoms with E-state index in [0.29, 0.717) is 13.9 Å². The van der Waals surface area contributed by atoms with Crippen molar-refractivity contribution < 1.29 is 5.11 Å². The monoisotopic (exact) mass is 346 g/mol. The van der Waals surface area contributed by atoms with Crippen molar-refractivity contribution in [1.29, 1.82) is 0 Å². The Bertz CT molecular complexity index is 867. The zero-order valence-electron chi connectivity index (χ0n) is 11.3. The van der Waals surface area contributed by atoms with Crippen molar-refractivity contribution >= 4 is 47.1 Å². The van der Waals surface area contributed by atoms with Crippen molar-refractivity contribution in [3.05, 3.63) is 68.5 Å².